The molecule has 5 rings (SSSR count). The second-order valence-corrected chi connectivity index (χ2v) is 7.42. The third-order valence-electron chi connectivity index (χ3n) is 5.65. The molecule has 0 fully saturated rings. The van der Waals surface area contributed by atoms with Crippen LogP contribution in [0.15, 0.2) is 67.1 Å². The van der Waals surface area contributed by atoms with Gasteiger partial charge in [-0.1, -0.05) is 30.3 Å². The first-order valence-corrected chi connectivity index (χ1v) is 9.94. The van der Waals surface area contributed by atoms with E-state index in [1.165, 1.54) is 22.4 Å². The zero-order valence-electron chi connectivity index (χ0n) is 15.8. The summed E-state index contributed by atoms with van der Waals surface area (Å²) in [5.74, 6) is 1.40. The van der Waals surface area contributed by atoms with E-state index in [4.69, 9.17) is 4.74 Å². The Balaban J connectivity index is 1.21. The number of ether oxygens (including phenoxy) is 1. The van der Waals surface area contributed by atoms with E-state index < -0.39 is 0 Å². The van der Waals surface area contributed by atoms with Crippen LogP contribution in [-0.2, 0) is 19.3 Å². The third-order valence-corrected chi connectivity index (χ3v) is 5.65. The Labute approximate surface area is 164 Å². The number of nitrogens with one attached hydrogen (secondary N) is 1. The van der Waals surface area contributed by atoms with Gasteiger partial charge in [0.2, 0.25) is 0 Å². The van der Waals surface area contributed by atoms with Crippen LogP contribution >= 0.6 is 0 Å². The molecule has 2 heterocycles. The predicted molar refractivity (Wildman–Crippen MR) is 111 cm³/mol. The number of fused-ring (bicyclic) bond motifs is 2. The molecule has 4 heteroatoms. The van der Waals surface area contributed by atoms with Crippen molar-refractivity contribution in [3.63, 3.8) is 0 Å². The first kappa shape index (κ1) is 17.0. The molecular weight excluding hydrogens is 346 g/mol. The van der Waals surface area contributed by atoms with Crippen LogP contribution in [0.25, 0.3) is 11.0 Å². The number of H-pyrrole nitrogens is 1. The Morgan fingerprint density at radius 3 is 2.61 bits per heavy atom. The Bertz CT molecular complexity index is 1070. The summed E-state index contributed by atoms with van der Waals surface area (Å²) in [4.78, 5) is 12.2. The van der Waals surface area contributed by atoms with Gasteiger partial charge in [0, 0.05) is 24.3 Å². The van der Waals surface area contributed by atoms with Crippen molar-refractivity contribution in [3.8, 4) is 5.75 Å². The quantitative estimate of drug-likeness (QED) is 0.494. The molecule has 2 aromatic carbocycles. The lowest BCUT2D eigenvalue weighted by Gasteiger charge is -2.12. The van der Waals surface area contributed by atoms with Gasteiger partial charge in [-0.2, -0.15) is 0 Å². The van der Waals surface area contributed by atoms with Crippen molar-refractivity contribution in [2.45, 2.75) is 31.6 Å². The molecule has 0 atom stereocenters. The maximum atomic E-state index is 6.02. The Kier molecular flexibility index (Phi) is 4.53. The predicted octanol–water partition coefficient (Wildman–Crippen LogP) is 4.85. The monoisotopic (exact) mass is 369 g/mol. The summed E-state index contributed by atoms with van der Waals surface area (Å²) in [5, 5.41) is 0. The number of hydrogen-bond acceptors (Lipinski definition) is 3. The lowest BCUT2D eigenvalue weighted by Crippen LogP contribution is -2.04. The second kappa shape index (κ2) is 7.47. The fourth-order valence-electron chi connectivity index (χ4n) is 4.31. The summed E-state index contributed by atoms with van der Waals surface area (Å²) < 4.78 is 6.02. The fraction of sp³-hybridized carbons (Fsp3) is 0.250. The molecule has 0 amide bonds. The van der Waals surface area contributed by atoms with Gasteiger partial charge < -0.3 is 9.72 Å². The van der Waals surface area contributed by atoms with Crippen molar-refractivity contribution in [1.29, 1.82) is 0 Å². The first-order valence-electron chi connectivity index (χ1n) is 9.94. The Morgan fingerprint density at radius 2 is 1.75 bits per heavy atom. The minimum atomic E-state index is 0.591. The van der Waals surface area contributed by atoms with Crippen molar-refractivity contribution in [3.05, 3.63) is 89.5 Å². The molecule has 140 valence electrons. The molecule has 0 saturated carbocycles. The molecule has 0 radical (unpaired) electrons. The highest BCUT2D eigenvalue weighted by Crippen LogP contribution is 2.35. The van der Waals surface area contributed by atoms with Crippen LogP contribution in [0, 0.1) is 0 Å². The maximum absolute atomic E-state index is 6.02. The highest BCUT2D eigenvalue weighted by molar-refractivity contribution is 5.80. The number of hydrogen-bond donors (Lipinski definition) is 1. The minimum Gasteiger partial charge on any atom is -0.491 e. The lowest BCUT2D eigenvalue weighted by atomic mass is 9.95. The van der Waals surface area contributed by atoms with Gasteiger partial charge in [0.05, 0.1) is 12.1 Å². The summed E-state index contributed by atoms with van der Waals surface area (Å²) in [7, 11) is 0. The van der Waals surface area contributed by atoms with E-state index in [0.29, 0.717) is 12.5 Å². The fourth-order valence-corrected chi connectivity index (χ4v) is 4.31. The van der Waals surface area contributed by atoms with E-state index in [-0.39, 0.29) is 0 Å². The van der Waals surface area contributed by atoms with Crippen molar-refractivity contribution in [1.82, 2.24) is 15.0 Å². The van der Waals surface area contributed by atoms with E-state index in [0.717, 1.165) is 42.5 Å². The summed E-state index contributed by atoms with van der Waals surface area (Å²) in [6.07, 6.45) is 9.74. The molecule has 0 spiro atoms. The van der Waals surface area contributed by atoms with Crippen molar-refractivity contribution in [2.75, 3.05) is 6.61 Å². The summed E-state index contributed by atoms with van der Waals surface area (Å²) in [6, 6.07) is 17.0. The average molecular weight is 369 g/mol. The summed E-state index contributed by atoms with van der Waals surface area (Å²) in [5.41, 5.74) is 7.51. The standard InChI is InChI=1S/C24H23N3O/c1-2-6-18-16-19(15-17(18)5-1)20-10-11-25-21(20)8-4-14-28-23-9-3-7-22-24(23)27-13-12-26-22/h1-3,5-7,9-13,19,25H,4,8,14-16H2. The van der Waals surface area contributed by atoms with Crippen LogP contribution in [0.5, 0.6) is 5.75 Å². The van der Waals surface area contributed by atoms with Gasteiger partial charge in [0.1, 0.15) is 11.3 Å². The molecule has 0 unspecified atom stereocenters. The summed E-state index contributed by atoms with van der Waals surface area (Å²) >= 11 is 0. The molecule has 4 nitrogen and oxygen atoms in total. The number of aromatic amines is 1. The Morgan fingerprint density at radius 1 is 0.929 bits per heavy atom. The number of aryl methyl sites for hydroxylation is 1. The second-order valence-electron chi connectivity index (χ2n) is 7.42. The zero-order valence-corrected chi connectivity index (χ0v) is 15.8. The number of aromatic nitrogens is 3. The summed E-state index contributed by atoms with van der Waals surface area (Å²) in [6.45, 7) is 0.666. The van der Waals surface area contributed by atoms with Gasteiger partial charge in [0.25, 0.3) is 0 Å². The minimum absolute atomic E-state index is 0.591. The number of rotatable bonds is 6. The third kappa shape index (κ3) is 3.26. The van der Waals surface area contributed by atoms with Gasteiger partial charge in [-0.05, 0) is 66.5 Å². The van der Waals surface area contributed by atoms with Gasteiger partial charge in [-0.25, -0.2) is 4.98 Å². The van der Waals surface area contributed by atoms with E-state index in [9.17, 15) is 0 Å². The molecular formula is C24H23N3O. The lowest BCUT2D eigenvalue weighted by molar-refractivity contribution is 0.313. The van der Waals surface area contributed by atoms with Crippen LogP contribution in [0.3, 0.4) is 0 Å². The molecule has 1 aliphatic rings. The molecule has 0 bridgehead atoms. The average Bonchev–Trinajstić information content (AvgIpc) is 3.37. The highest BCUT2D eigenvalue weighted by Gasteiger charge is 2.24. The molecule has 2 aromatic heterocycles. The largest absolute Gasteiger partial charge is 0.491 e. The first-order chi connectivity index (χ1) is 13.9. The number of nitrogens with zero attached hydrogens (tertiary/aromatic N) is 2. The molecule has 0 saturated heterocycles. The van der Waals surface area contributed by atoms with Crippen LogP contribution in [0.1, 0.15) is 34.7 Å². The van der Waals surface area contributed by atoms with Crippen LogP contribution in [0.2, 0.25) is 0 Å². The van der Waals surface area contributed by atoms with Crippen molar-refractivity contribution < 1.29 is 4.74 Å². The number of para-hydroxylation sites is 1. The van der Waals surface area contributed by atoms with Crippen LogP contribution < -0.4 is 4.74 Å². The number of benzene rings is 2. The van der Waals surface area contributed by atoms with E-state index in [1.54, 1.807) is 12.4 Å². The molecule has 4 aromatic rings. The van der Waals surface area contributed by atoms with Crippen molar-refractivity contribution >= 4 is 11.0 Å². The van der Waals surface area contributed by atoms with Crippen molar-refractivity contribution in [2.24, 2.45) is 0 Å². The molecule has 1 N–H and O–H groups in total. The highest BCUT2D eigenvalue weighted by atomic mass is 16.5. The maximum Gasteiger partial charge on any atom is 0.147 e. The van der Waals surface area contributed by atoms with E-state index in [2.05, 4.69) is 51.5 Å². The van der Waals surface area contributed by atoms with E-state index in [1.807, 2.05) is 18.2 Å². The van der Waals surface area contributed by atoms with Gasteiger partial charge in [-0.3, -0.25) is 4.98 Å². The smallest absolute Gasteiger partial charge is 0.147 e. The molecule has 1 aliphatic carbocycles. The molecule has 0 aliphatic heterocycles. The van der Waals surface area contributed by atoms with E-state index >= 15 is 0 Å². The Hall–Kier alpha value is -3.14. The van der Waals surface area contributed by atoms with Gasteiger partial charge in [-0.15, -0.1) is 0 Å². The zero-order chi connectivity index (χ0) is 18.8. The van der Waals surface area contributed by atoms with Crippen LogP contribution in [-0.4, -0.2) is 21.6 Å². The SMILES string of the molecule is c1ccc2c(c1)CC(c1cc[nH]c1CCCOc1cccc3nccnc13)C2. The van der Waals surface area contributed by atoms with Gasteiger partial charge >= 0.3 is 0 Å². The normalized spacial score (nSPS) is 13.7. The van der Waals surface area contributed by atoms with Gasteiger partial charge in [0.15, 0.2) is 0 Å². The van der Waals surface area contributed by atoms with Crippen LogP contribution in [0.4, 0.5) is 0 Å². The molecule has 28 heavy (non-hydrogen) atoms. The topological polar surface area (TPSA) is 50.8 Å².